The van der Waals surface area contributed by atoms with Crippen LogP contribution in [0, 0.1) is 0 Å². The second kappa shape index (κ2) is 15.4. The Hall–Kier alpha value is -3.07. The average Bonchev–Trinajstić information content (AvgIpc) is 2.90. The second-order valence-electron chi connectivity index (χ2n) is 9.40. The number of nitrogens with one attached hydrogen (secondary N) is 1. The lowest BCUT2D eigenvalue weighted by Gasteiger charge is -2.31. The van der Waals surface area contributed by atoms with Gasteiger partial charge in [0.1, 0.15) is 11.8 Å². The Morgan fingerprint density at radius 3 is 2.29 bits per heavy atom. The Morgan fingerprint density at radius 2 is 1.71 bits per heavy atom. The van der Waals surface area contributed by atoms with Gasteiger partial charge in [0.15, 0.2) is 0 Å². The maximum Gasteiger partial charge on any atom is 0.242 e. The van der Waals surface area contributed by atoms with E-state index in [1.54, 1.807) is 24.1 Å². The first-order chi connectivity index (χ1) is 18.1. The van der Waals surface area contributed by atoms with Crippen molar-refractivity contribution in [3.05, 3.63) is 59.7 Å². The Morgan fingerprint density at radius 1 is 1.00 bits per heavy atom. The number of carbonyl (C=O) groups excluding carboxylic acids is 2. The lowest BCUT2D eigenvalue weighted by Crippen LogP contribution is -2.49. The Labute approximate surface area is 228 Å². The van der Waals surface area contributed by atoms with Gasteiger partial charge in [-0.15, -0.1) is 0 Å². The third-order valence-corrected chi connectivity index (χ3v) is 7.68. The quantitative estimate of drug-likeness (QED) is 0.313. The zero-order valence-electron chi connectivity index (χ0n) is 23.4. The minimum Gasteiger partial charge on any atom is -0.497 e. The number of rotatable bonds is 16. The van der Waals surface area contributed by atoms with Gasteiger partial charge in [0.05, 0.1) is 19.1 Å². The highest BCUT2D eigenvalue weighted by atomic mass is 32.2. The highest BCUT2D eigenvalue weighted by Gasteiger charge is 2.28. The lowest BCUT2D eigenvalue weighted by atomic mass is 10.1. The van der Waals surface area contributed by atoms with Crippen LogP contribution in [0.15, 0.2) is 48.5 Å². The zero-order chi connectivity index (χ0) is 28.1. The second-order valence-corrected chi connectivity index (χ2v) is 11.3. The van der Waals surface area contributed by atoms with Gasteiger partial charge in [-0.25, -0.2) is 8.42 Å². The number of nitrogens with zero attached hydrogens (tertiary/aromatic N) is 2. The fourth-order valence-corrected chi connectivity index (χ4v) is 5.26. The molecule has 0 radical (unpaired) electrons. The molecule has 0 fully saturated rings. The van der Waals surface area contributed by atoms with Crippen LogP contribution in [0.25, 0.3) is 0 Å². The van der Waals surface area contributed by atoms with Gasteiger partial charge < -0.3 is 15.0 Å². The summed E-state index contributed by atoms with van der Waals surface area (Å²) in [6.07, 6.45) is 4.76. The molecule has 2 aromatic rings. The molecule has 2 amide bonds. The zero-order valence-corrected chi connectivity index (χ0v) is 24.2. The number of amides is 2. The molecule has 0 aliphatic carbocycles. The predicted molar refractivity (Wildman–Crippen MR) is 153 cm³/mol. The number of anilines is 1. The number of unbranched alkanes of at least 4 members (excludes halogenated alkanes) is 1. The van der Waals surface area contributed by atoms with Crippen molar-refractivity contribution in [1.82, 2.24) is 10.2 Å². The third kappa shape index (κ3) is 9.35. The standard InChI is InChI=1S/C29H43N3O5S/c1-6-9-19-30-29(34)27(8-3)31(22-24-12-10-13-26(21-24)37-4)28(33)14-11-20-32(38(5,35)36)25-17-15-23(7-2)16-18-25/h10,12-13,15-18,21,27H,6-9,11,14,19-20,22H2,1-5H3,(H,30,34)/t27-/m0/s1. The molecule has 0 spiro atoms. The van der Waals surface area contributed by atoms with Gasteiger partial charge in [-0.2, -0.15) is 0 Å². The number of sulfonamides is 1. The number of ether oxygens (including phenoxy) is 1. The molecule has 2 rings (SSSR count). The molecule has 9 heteroatoms. The molecule has 38 heavy (non-hydrogen) atoms. The molecule has 0 aliphatic heterocycles. The average molecular weight is 546 g/mol. The fourth-order valence-electron chi connectivity index (χ4n) is 4.30. The van der Waals surface area contributed by atoms with Crippen molar-refractivity contribution in [2.24, 2.45) is 0 Å². The molecule has 2 aromatic carbocycles. The first kappa shape index (κ1) is 31.1. The number of benzene rings is 2. The SMILES string of the molecule is CCCCNC(=O)[C@H](CC)N(Cc1cccc(OC)c1)C(=O)CCCN(c1ccc(CC)cc1)S(C)(=O)=O. The van der Waals surface area contributed by atoms with Crippen molar-refractivity contribution in [2.45, 2.75) is 71.9 Å². The van der Waals surface area contributed by atoms with Crippen molar-refractivity contribution in [3.8, 4) is 5.75 Å². The highest BCUT2D eigenvalue weighted by molar-refractivity contribution is 7.92. The number of hydrogen-bond donors (Lipinski definition) is 1. The topological polar surface area (TPSA) is 96.0 Å². The summed E-state index contributed by atoms with van der Waals surface area (Å²) in [6.45, 7) is 6.97. The number of methoxy groups -OCH3 is 1. The van der Waals surface area contributed by atoms with E-state index in [-0.39, 0.29) is 31.3 Å². The summed E-state index contributed by atoms with van der Waals surface area (Å²) in [5, 5.41) is 2.96. The normalized spacial score (nSPS) is 12.0. The van der Waals surface area contributed by atoms with Crippen molar-refractivity contribution in [1.29, 1.82) is 0 Å². The van der Waals surface area contributed by atoms with Crippen LogP contribution in [0.3, 0.4) is 0 Å². The lowest BCUT2D eigenvalue weighted by molar-refractivity contribution is -0.141. The number of aryl methyl sites for hydroxylation is 1. The smallest absolute Gasteiger partial charge is 0.242 e. The van der Waals surface area contributed by atoms with Crippen molar-refractivity contribution >= 4 is 27.5 Å². The number of hydrogen-bond acceptors (Lipinski definition) is 5. The first-order valence-corrected chi connectivity index (χ1v) is 15.3. The summed E-state index contributed by atoms with van der Waals surface area (Å²) in [5.74, 6) is 0.305. The molecule has 1 atom stereocenters. The van der Waals surface area contributed by atoms with Crippen LogP contribution in [-0.2, 0) is 32.6 Å². The van der Waals surface area contributed by atoms with Crippen LogP contribution in [0.2, 0.25) is 0 Å². The van der Waals surface area contributed by atoms with Gasteiger partial charge in [-0.3, -0.25) is 13.9 Å². The van der Waals surface area contributed by atoms with E-state index in [4.69, 9.17) is 4.74 Å². The minimum absolute atomic E-state index is 0.113. The van der Waals surface area contributed by atoms with E-state index >= 15 is 0 Å². The van der Waals surface area contributed by atoms with E-state index in [1.807, 2.05) is 50.2 Å². The molecular formula is C29H43N3O5S. The molecule has 0 aliphatic rings. The van der Waals surface area contributed by atoms with Crippen LogP contribution in [0.5, 0.6) is 5.75 Å². The van der Waals surface area contributed by atoms with E-state index in [0.717, 1.165) is 30.4 Å². The Kier molecular flexibility index (Phi) is 12.6. The van der Waals surface area contributed by atoms with Crippen LogP contribution < -0.4 is 14.4 Å². The number of carbonyl (C=O) groups is 2. The summed E-state index contributed by atoms with van der Waals surface area (Å²) < 4.78 is 31.7. The van der Waals surface area contributed by atoms with Crippen LogP contribution in [0.4, 0.5) is 5.69 Å². The molecule has 0 unspecified atom stereocenters. The van der Waals surface area contributed by atoms with Gasteiger partial charge in [0.2, 0.25) is 21.8 Å². The molecule has 0 saturated heterocycles. The summed E-state index contributed by atoms with van der Waals surface area (Å²) in [5.41, 5.74) is 2.55. The van der Waals surface area contributed by atoms with E-state index in [1.165, 1.54) is 10.6 Å². The van der Waals surface area contributed by atoms with Gasteiger partial charge >= 0.3 is 0 Å². The van der Waals surface area contributed by atoms with Crippen molar-refractivity contribution in [3.63, 3.8) is 0 Å². The van der Waals surface area contributed by atoms with Gasteiger partial charge in [0, 0.05) is 26.1 Å². The van der Waals surface area contributed by atoms with Crippen LogP contribution >= 0.6 is 0 Å². The molecule has 0 bridgehead atoms. The van der Waals surface area contributed by atoms with Crippen molar-refractivity contribution in [2.75, 3.05) is 30.8 Å². The van der Waals surface area contributed by atoms with Gasteiger partial charge in [-0.05, 0) is 61.1 Å². The van der Waals surface area contributed by atoms with E-state index < -0.39 is 16.1 Å². The van der Waals surface area contributed by atoms with Crippen LogP contribution in [-0.4, -0.2) is 57.6 Å². The van der Waals surface area contributed by atoms with Gasteiger partial charge in [0.25, 0.3) is 0 Å². The van der Waals surface area contributed by atoms with E-state index in [9.17, 15) is 18.0 Å². The predicted octanol–water partition coefficient (Wildman–Crippen LogP) is 4.53. The van der Waals surface area contributed by atoms with E-state index in [0.29, 0.717) is 30.8 Å². The minimum atomic E-state index is -3.53. The molecule has 0 saturated carbocycles. The third-order valence-electron chi connectivity index (χ3n) is 6.49. The molecule has 0 heterocycles. The largest absolute Gasteiger partial charge is 0.497 e. The summed E-state index contributed by atoms with van der Waals surface area (Å²) in [4.78, 5) is 28.2. The van der Waals surface area contributed by atoms with E-state index in [2.05, 4.69) is 12.2 Å². The molecular weight excluding hydrogens is 502 g/mol. The monoisotopic (exact) mass is 545 g/mol. The summed E-state index contributed by atoms with van der Waals surface area (Å²) in [7, 11) is -1.94. The molecule has 8 nitrogen and oxygen atoms in total. The maximum absolute atomic E-state index is 13.5. The van der Waals surface area contributed by atoms with Crippen molar-refractivity contribution < 1.29 is 22.7 Å². The fraction of sp³-hybridized carbons (Fsp3) is 0.517. The maximum atomic E-state index is 13.5. The Balaban J connectivity index is 2.21. The first-order valence-electron chi connectivity index (χ1n) is 13.4. The Bertz CT molecular complexity index is 1140. The summed E-state index contributed by atoms with van der Waals surface area (Å²) in [6, 6.07) is 14.2. The highest BCUT2D eigenvalue weighted by Crippen LogP contribution is 2.21. The molecule has 210 valence electrons. The molecule has 0 aromatic heterocycles. The molecule has 1 N–H and O–H groups in total. The summed E-state index contributed by atoms with van der Waals surface area (Å²) >= 11 is 0. The van der Waals surface area contributed by atoms with Gasteiger partial charge in [-0.1, -0.05) is 51.5 Å². The van der Waals surface area contributed by atoms with Crippen LogP contribution in [0.1, 0.15) is 64.0 Å².